The van der Waals surface area contributed by atoms with E-state index in [2.05, 4.69) is 0 Å². The van der Waals surface area contributed by atoms with Gasteiger partial charge in [-0.1, -0.05) is 48.5 Å². The summed E-state index contributed by atoms with van der Waals surface area (Å²) in [5.74, 6) is -0.808. The van der Waals surface area contributed by atoms with Crippen LogP contribution in [0, 0.1) is 0 Å². The molecule has 1 aliphatic heterocycles. The number of carboxylic acids is 1. The molecule has 2 aromatic rings. The maximum Gasteiger partial charge on any atom is 0.334 e. The zero-order valence-corrected chi connectivity index (χ0v) is 10.7. The van der Waals surface area contributed by atoms with Crippen molar-refractivity contribution in [1.82, 2.24) is 0 Å². The number of carbonyl (C=O) groups is 1. The zero-order chi connectivity index (χ0) is 13.5. The molecule has 0 aliphatic carbocycles. The number of rotatable bonds is 2. The van der Waals surface area contributed by atoms with Gasteiger partial charge in [0.2, 0.25) is 0 Å². The summed E-state index contributed by atoms with van der Waals surface area (Å²) in [6, 6.07) is 17.3. The summed E-state index contributed by atoms with van der Waals surface area (Å²) < 4.78 is 0. The van der Waals surface area contributed by atoms with Gasteiger partial charge in [0.05, 0.1) is 0 Å². The normalized spacial score (nSPS) is 21.2. The molecule has 0 bridgehead atoms. The number of benzene rings is 2. The molecule has 3 nitrogen and oxygen atoms in total. The lowest BCUT2D eigenvalue weighted by atomic mass is 9.86. The Balaban J connectivity index is 2.19. The van der Waals surface area contributed by atoms with E-state index in [-0.39, 0.29) is 0 Å². The maximum atomic E-state index is 12.0. The van der Waals surface area contributed by atoms with Gasteiger partial charge in [-0.05, 0) is 17.2 Å². The third-order valence-electron chi connectivity index (χ3n) is 3.98. The van der Waals surface area contributed by atoms with Gasteiger partial charge in [-0.25, -0.2) is 4.79 Å². The number of likely N-dealkylation sites (N-methyl/N-ethyl adjacent to an activating group) is 1. The summed E-state index contributed by atoms with van der Waals surface area (Å²) in [5.41, 5.74) is 1.90. The number of hydrogen-bond donors (Lipinski definition) is 1. The number of nitrogens with zero attached hydrogens (tertiary/aromatic N) is 1. The molecule has 1 aliphatic rings. The van der Waals surface area contributed by atoms with Crippen molar-refractivity contribution in [2.45, 2.75) is 12.0 Å². The molecule has 0 saturated heterocycles. The van der Waals surface area contributed by atoms with Crippen LogP contribution in [-0.2, 0) is 16.8 Å². The monoisotopic (exact) mass is 253 g/mol. The lowest BCUT2D eigenvalue weighted by Crippen LogP contribution is -2.48. The molecule has 1 unspecified atom stereocenters. The van der Waals surface area contributed by atoms with Crippen molar-refractivity contribution in [3.8, 4) is 0 Å². The number of fused-ring (bicyclic) bond motifs is 1. The molecular weight excluding hydrogens is 238 g/mol. The number of carboxylic acid groups (broad SMARTS) is 1. The van der Waals surface area contributed by atoms with Crippen LogP contribution in [0.25, 0.3) is 0 Å². The molecule has 0 aromatic heterocycles. The molecule has 1 heterocycles. The minimum atomic E-state index is -0.995. The number of anilines is 1. The molecule has 19 heavy (non-hydrogen) atoms. The average molecular weight is 253 g/mol. The summed E-state index contributed by atoms with van der Waals surface area (Å²) in [5, 5.41) is 9.82. The van der Waals surface area contributed by atoms with Crippen molar-refractivity contribution >= 4 is 11.7 Å². The van der Waals surface area contributed by atoms with Crippen molar-refractivity contribution in [1.29, 1.82) is 0 Å². The van der Waals surface area contributed by atoms with E-state index in [0.717, 1.165) is 16.8 Å². The topological polar surface area (TPSA) is 40.5 Å². The SMILES string of the molecule is CN1c2ccccc2CC1(C(=O)O)c1ccccc1. The molecule has 3 rings (SSSR count). The summed E-state index contributed by atoms with van der Waals surface area (Å²) in [6.45, 7) is 0. The molecule has 3 heteroatoms. The highest BCUT2D eigenvalue weighted by Gasteiger charge is 2.49. The molecule has 0 fully saturated rings. The lowest BCUT2D eigenvalue weighted by Gasteiger charge is -2.34. The number of hydrogen-bond acceptors (Lipinski definition) is 2. The minimum absolute atomic E-state index is 0.499. The second kappa shape index (κ2) is 4.12. The molecule has 0 amide bonds. The molecule has 1 N–H and O–H groups in total. The fourth-order valence-corrected chi connectivity index (χ4v) is 2.94. The number of para-hydroxylation sites is 1. The van der Waals surface area contributed by atoms with E-state index in [1.165, 1.54) is 0 Å². The Morgan fingerprint density at radius 1 is 1.11 bits per heavy atom. The van der Waals surface area contributed by atoms with Crippen LogP contribution in [0.4, 0.5) is 5.69 Å². The Labute approximate surface area is 112 Å². The predicted molar refractivity (Wildman–Crippen MR) is 74.3 cm³/mol. The highest BCUT2D eigenvalue weighted by atomic mass is 16.4. The van der Waals surface area contributed by atoms with Gasteiger partial charge in [0, 0.05) is 19.2 Å². The lowest BCUT2D eigenvalue weighted by molar-refractivity contribution is -0.143. The predicted octanol–water partition coefficient (Wildman–Crippen LogP) is 2.66. The van der Waals surface area contributed by atoms with E-state index in [1.54, 1.807) is 0 Å². The van der Waals surface area contributed by atoms with Crippen LogP contribution in [0.2, 0.25) is 0 Å². The van der Waals surface area contributed by atoms with Crippen molar-refractivity contribution < 1.29 is 9.90 Å². The fraction of sp³-hybridized carbons (Fsp3) is 0.188. The Morgan fingerprint density at radius 3 is 2.37 bits per heavy atom. The fourth-order valence-electron chi connectivity index (χ4n) is 2.94. The van der Waals surface area contributed by atoms with Crippen LogP contribution in [0.1, 0.15) is 11.1 Å². The smallest absolute Gasteiger partial charge is 0.334 e. The molecule has 0 radical (unpaired) electrons. The molecule has 0 saturated carbocycles. The van der Waals surface area contributed by atoms with Crippen LogP contribution in [0.5, 0.6) is 0 Å². The third kappa shape index (κ3) is 1.55. The van der Waals surface area contributed by atoms with Crippen LogP contribution < -0.4 is 4.90 Å². The Kier molecular flexibility index (Phi) is 2.56. The molecular formula is C16H15NO2. The average Bonchev–Trinajstić information content (AvgIpc) is 2.75. The van der Waals surface area contributed by atoms with Crippen LogP contribution in [0.15, 0.2) is 54.6 Å². The van der Waals surface area contributed by atoms with Gasteiger partial charge >= 0.3 is 5.97 Å². The largest absolute Gasteiger partial charge is 0.479 e. The second-order valence-corrected chi connectivity index (χ2v) is 4.90. The Hall–Kier alpha value is -2.29. The third-order valence-corrected chi connectivity index (χ3v) is 3.98. The van der Waals surface area contributed by atoms with Gasteiger partial charge in [0.25, 0.3) is 0 Å². The highest BCUT2D eigenvalue weighted by molar-refractivity contribution is 5.89. The van der Waals surface area contributed by atoms with E-state index >= 15 is 0 Å². The van der Waals surface area contributed by atoms with Gasteiger partial charge in [0.15, 0.2) is 5.54 Å². The highest BCUT2D eigenvalue weighted by Crippen LogP contribution is 2.43. The van der Waals surface area contributed by atoms with Crippen molar-refractivity contribution in [3.05, 3.63) is 65.7 Å². The van der Waals surface area contributed by atoms with Gasteiger partial charge in [-0.2, -0.15) is 0 Å². The van der Waals surface area contributed by atoms with Gasteiger partial charge in [-0.15, -0.1) is 0 Å². The first-order valence-corrected chi connectivity index (χ1v) is 6.27. The Bertz CT molecular complexity index is 624. The summed E-state index contributed by atoms with van der Waals surface area (Å²) in [7, 11) is 1.85. The first-order valence-electron chi connectivity index (χ1n) is 6.27. The summed E-state index contributed by atoms with van der Waals surface area (Å²) in [4.78, 5) is 13.8. The van der Waals surface area contributed by atoms with Crippen molar-refractivity contribution in [3.63, 3.8) is 0 Å². The van der Waals surface area contributed by atoms with Gasteiger partial charge in [0.1, 0.15) is 0 Å². The second-order valence-electron chi connectivity index (χ2n) is 4.90. The van der Waals surface area contributed by atoms with Gasteiger partial charge < -0.3 is 10.0 Å². The Morgan fingerprint density at radius 2 is 1.74 bits per heavy atom. The van der Waals surface area contributed by atoms with Crippen molar-refractivity contribution in [2.24, 2.45) is 0 Å². The molecule has 2 aromatic carbocycles. The number of aliphatic carboxylic acids is 1. The van der Waals surface area contributed by atoms with Crippen LogP contribution >= 0.6 is 0 Å². The van der Waals surface area contributed by atoms with Gasteiger partial charge in [-0.3, -0.25) is 0 Å². The van der Waals surface area contributed by atoms with E-state index in [4.69, 9.17) is 0 Å². The zero-order valence-electron chi connectivity index (χ0n) is 10.7. The quantitative estimate of drug-likeness (QED) is 0.894. The first-order chi connectivity index (χ1) is 9.16. The standard InChI is InChI=1S/C16H15NO2/c1-17-14-10-6-5-7-12(14)11-16(17,15(18)19)13-8-3-2-4-9-13/h2-10H,11H2,1H3,(H,18,19). The molecule has 1 atom stereocenters. The first kappa shape index (κ1) is 11.8. The summed E-state index contributed by atoms with van der Waals surface area (Å²) in [6.07, 6.45) is 0.499. The van der Waals surface area contributed by atoms with E-state index in [0.29, 0.717) is 6.42 Å². The van der Waals surface area contributed by atoms with Crippen molar-refractivity contribution in [2.75, 3.05) is 11.9 Å². The van der Waals surface area contributed by atoms with Crippen LogP contribution in [0.3, 0.4) is 0 Å². The summed E-state index contributed by atoms with van der Waals surface area (Å²) >= 11 is 0. The molecule has 0 spiro atoms. The minimum Gasteiger partial charge on any atom is -0.479 e. The van der Waals surface area contributed by atoms with Crippen LogP contribution in [-0.4, -0.2) is 18.1 Å². The van der Waals surface area contributed by atoms with E-state index < -0.39 is 11.5 Å². The molecule has 96 valence electrons. The van der Waals surface area contributed by atoms with E-state index in [9.17, 15) is 9.90 Å². The maximum absolute atomic E-state index is 12.0. The van der Waals surface area contributed by atoms with E-state index in [1.807, 2.05) is 66.5 Å².